The van der Waals surface area contributed by atoms with Crippen LogP contribution in [-0.4, -0.2) is 28.9 Å². The van der Waals surface area contributed by atoms with E-state index in [1.807, 2.05) is 0 Å². The second kappa shape index (κ2) is 5.99. The van der Waals surface area contributed by atoms with Gasteiger partial charge in [0, 0.05) is 10.9 Å². The van der Waals surface area contributed by atoms with Crippen molar-refractivity contribution < 1.29 is 19.6 Å². The van der Waals surface area contributed by atoms with Gasteiger partial charge in [0.1, 0.15) is 4.21 Å². The van der Waals surface area contributed by atoms with E-state index in [0.717, 1.165) is 23.1 Å². The molecule has 1 rings (SSSR count). The number of hydrogen-bond donors (Lipinski definition) is 1. The first-order valence-corrected chi connectivity index (χ1v) is 6.41. The van der Waals surface area contributed by atoms with E-state index in [1.54, 1.807) is 0 Å². The molecular formula is C9H11NO5S2. The standard InChI is InChI=1S/C9H11NO5S2/c1-5(11)7-3-6(10(13)14)9(17-7)16-4-8(12)15-2/h3,5,11H,4H2,1-2H3/t5-/m0/s1. The molecule has 0 aliphatic rings. The maximum Gasteiger partial charge on any atom is 0.316 e. The average molecular weight is 277 g/mol. The Bertz CT molecular complexity index is 429. The van der Waals surface area contributed by atoms with Gasteiger partial charge in [-0.25, -0.2) is 0 Å². The number of hydrogen-bond acceptors (Lipinski definition) is 7. The van der Waals surface area contributed by atoms with Gasteiger partial charge in [-0.15, -0.1) is 11.3 Å². The van der Waals surface area contributed by atoms with E-state index in [0.29, 0.717) is 9.09 Å². The van der Waals surface area contributed by atoms with Gasteiger partial charge in [0.25, 0.3) is 5.69 Å². The molecule has 0 saturated carbocycles. The molecule has 1 aromatic heterocycles. The van der Waals surface area contributed by atoms with Crippen molar-refractivity contribution in [3.05, 3.63) is 21.1 Å². The van der Waals surface area contributed by atoms with E-state index in [4.69, 9.17) is 0 Å². The van der Waals surface area contributed by atoms with Crippen molar-refractivity contribution in [2.45, 2.75) is 17.2 Å². The maximum atomic E-state index is 10.9. The summed E-state index contributed by atoms with van der Waals surface area (Å²) in [5.74, 6) is -0.437. The second-order valence-corrected chi connectivity index (χ2v) is 5.45. The lowest BCUT2D eigenvalue weighted by molar-refractivity contribution is -0.387. The van der Waals surface area contributed by atoms with Crippen LogP contribution in [-0.2, 0) is 9.53 Å². The third kappa shape index (κ3) is 3.69. The quantitative estimate of drug-likeness (QED) is 0.383. The number of esters is 1. The summed E-state index contributed by atoms with van der Waals surface area (Å²) in [4.78, 5) is 21.7. The van der Waals surface area contributed by atoms with Crippen LogP contribution in [0.1, 0.15) is 17.9 Å². The monoisotopic (exact) mass is 277 g/mol. The summed E-state index contributed by atoms with van der Waals surface area (Å²) in [5.41, 5.74) is -0.0835. The van der Waals surface area contributed by atoms with Crippen LogP contribution in [0.2, 0.25) is 0 Å². The van der Waals surface area contributed by atoms with Crippen molar-refractivity contribution >= 4 is 34.8 Å². The first-order valence-electron chi connectivity index (χ1n) is 4.61. The summed E-state index contributed by atoms with van der Waals surface area (Å²) in [6, 6.07) is 1.33. The molecule has 1 aromatic rings. The van der Waals surface area contributed by atoms with Crippen molar-refractivity contribution in [1.82, 2.24) is 0 Å². The van der Waals surface area contributed by atoms with Crippen LogP contribution in [0.25, 0.3) is 0 Å². The highest BCUT2D eigenvalue weighted by atomic mass is 32.2. The molecule has 1 atom stereocenters. The molecule has 0 fully saturated rings. The van der Waals surface area contributed by atoms with Crippen LogP contribution in [0.15, 0.2) is 10.3 Å². The Labute approximate surface area is 106 Å². The zero-order valence-electron chi connectivity index (χ0n) is 9.21. The predicted octanol–water partition coefficient (Wildman–Crippen LogP) is 1.97. The van der Waals surface area contributed by atoms with Crippen LogP contribution in [0.5, 0.6) is 0 Å². The molecule has 0 aliphatic carbocycles. The molecule has 0 saturated heterocycles. The Kier molecular flexibility index (Phi) is 4.91. The van der Waals surface area contributed by atoms with Gasteiger partial charge >= 0.3 is 5.97 Å². The largest absolute Gasteiger partial charge is 0.468 e. The van der Waals surface area contributed by atoms with E-state index in [2.05, 4.69) is 4.74 Å². The van der Waals surface area contributed by atoms with E-state index < -0.39 is 17.0 Å². The number of thiophene rings is 1. The minimum absolute atomic E-state index is 0.0110. The van der Waals surface area contributed by atoms with Gasteiger partial charge in [-0.3, -0.25) is 14.9 Å². The van der Waals surface area contributed by atoms with Gasteiger partial charge in [-0.1, -0.05) is 11.8 Å². The topological polar surface area (TPSA) is 89.7 Å². The van der Waals surface area contributed by atoms with E-state index >= 15 is 0 Å². The summed E-state index contributed by atoms with van der Waals surface area (Å²) in [6.45, 7) is 1.53. The summed E-state index contributed by atoms with van der Waals surface area (Å²) in [5, 5.41) is 20.1. The number of nitrogens with zero attached hydrogens (tertiary/aromatic N) is 1. The molecule has 0 radical (unpaired) electrons. The summed E-state index contributed by atoms with van der Waals surface area (Å²) in [6.07, 6.45) is -0.758. The lowest BCUT2D eigenvalue weighted by Gasteiger charge is -1.97. The Morgan fingerprint density at radius 1 is 1.76 bits per heavy atom. The maximum absolute atomic E-state index is 10.9. The first-order chi connectivity index (χ1) is 7.95. The summed E-state index contributed by atoms with van der Waals surface area (Å²) in [7, 11) is 1.26. The van der Waals surface area contributed by atoms with Crippen molar-refractivity contribution in [1.29, 1.82) is 0 Å². The molecule has 0 unspecified atom stereocenters. The predicted molar refractivity (Wildman–Crippen MR) is 64.3 cm³/mol. The lowest BCUT2D eigenvalue weighted by Crippen LogP contribution is -2.02. The highest BCUT2D eigenvalue weighted by molar-refractivity contribution is 8.01. The number of thioether (sulfide) groups is 1. The van der Waals surface area contributed by atoms with Crippen LogP contribution in [0.4, 0.5) is 5.69 Å². The van der Waals surface area contributed by atoms with E-state index in [1.165, 1.54) is 20.1 Å². The van der Waals surface area contributed by atoms with Gasteiger partial charge in [0.15, 0.2) is 0 Å². The number of carbonyl (C=O) groups is 1. The number of carbonyl (C=O) groups excluding carboxylic acids is 1. The fraction of sp³-hybridized carbons (Fsp3) is 0.444. The molecule has 8 heteroatoms. The minimum atomic E-state index is -0.758. The number of methoxy groups -OCH3 is 1. The normalized spacial score (nSPS) is 12.2. The van der Waals surface area contributed by atoms with E-state index in [-0.39, 0.29) is 11.4 Å². The SMILES string of the molecule is COC(=O)CSc1sc([C@H](C)O)cc1[N+](=O)[O-]. The molecule has 1 N–H and O–H groups in total. The van der Waals surface area contributed by atoms with Gasteiger partial charge in [-0.2, -0.15) is 0 Å². The fourth-order valence-electron chi connectivity index (χ4n) is 1.00. The van der Waals surface area contributed by atoms with Crippen molar-refractivity contribution in [2.75, 3.05) is 12.9 Å². The molecular weight excluding hydrogens is 266 g/mol. The molecule has 0 amide bonds. The van der Waals surface area contributed by atoms with E-state index in [9.17, 15) is 20.0 Å². The minimum Gasteiger partial charge on any atom is -0.468 e. The van der Waals surface area contributed by atoms with Gasteiger partial charge < -0.3 is 9.84 Å². The van der Waals surface area contributed by atoms with Crippen molar-refractivity contribution in [2.24, 2.45) is 0 Å². The van der Waals surface area contributed by atoms with Gasteiger partial charge in [0.2, 0.25) is 0 Å². The molecule has 0 aromatic carbocycles. The second-order valence-electron chi connectivity index (χ2n) is 3.12. The van der Waals surface area contributed by atoms with Crippen LogP contribution < -0.4 is 0 Å². The Morgan fingerprint density at radius 2 is 2.41 bits per heavy atom. The number of ether oxygens (including phenoxy) is 1. The number of rotatable bonds is 5. The lowest BCUT2D eigenvalue weighted by atomic mass is 10.3. The Morgan fingerprint density at radius 3 is 2.88 bits per heavy atom. The highest BCUT2D eigenvalue weighted by Crippen LogP contribution is 2.39. The molecule has 17 heavy (non-hydrogen) atoms. The molecule has 0 spiro atoms. The van der Waals surface area contributed by atoms with Crippen molar-refractivity contribution in [3.63, 3.8) is 0 Å². The van der Waals surface area contributed by atoms with Crippen LogP contribution in [0, 0.1) is 10.1 Å². The highest BCUT2D eigenvalue weighted by Gasteiger charge is 2.22. The van der Waals surface area contributed by atoms with Gasteiger partial charge in [0.05, 0.1) is 23.9 Å². The third-order valence-electron chi connectivity index (χ3n) is 1.86. The zero-order valence-corrected chi connectivity index (χ0v) is 10.8. The van der Waals surface area contributed by atoms with Crippen LogP contribution in [0.3, 0.4) is 0 Å². The number of nitro groups is 1. The average Bonchev–Trinajstić information content (AvgIpc) is 2.70. The summed E-state index contributed by atoms with van der Waals surface area (Å²) < 4.78 is 4.85. The van der Waals surface area contributed by atoms with Crippen molar-refractivity contribution in [3.8, 4) is 0 Å². The van der Waals surface area contributed by atoms with Crippen LogP contribution >= 0.6 is 23.1 Å². The molecule has 0 bridgehead atoms. The Balaban J connectivity index is 2.88. The zero-order chi connectivity index (χ0) is 13.0. The van der Waals surface area contributed by atoms with Gasteiger partial charge in [-0.05, 0) is 6.92 Å². The molecule has 6 nitrogen and oxygen atoms in total. The molecule has 94 valence electrons. The number of aliphatic hydroxyl groups is 1. The number of aliphatic hydroxyl groups excluding tert-OH is 1. The Hall–Kier alpha value is -1.12. The smallest absolute Gasteiger partial charge is 0.316 e. The first kappa shape index (κ1) is 13.9. The fourth-order valence-corrected chi connectivity index (χ4v) is 3.14. The summed E-state index contributed by atoms with van der Waals surface area (Å²) >= 11 is 2.15. The third-order valence-corrected chi connectivity index (χ3v) is 4.40. The molecule has 0 aliphatic heterocycles. The molecule has 1 heterocycles.